The lowest BCUT2D eigenvalue weighted by molar-refractivity contribution is 0.175. The van der Waals surface area contributed by atoms with Crippen molar-refractivity contribution >= 4 is 11.6 Å². The first kappa shape index (κ1) is 13.1. The van der Waals surface area contributed by atoms with E-state index < -0.39 is 6.10 Å². The Hall–Kier alpha value is -1.31. The molecule has 1 atom stereocenters. The minimum atomic E-state index is -0.396. The van der Waals surface area contributed by atoms with Crippen LogP contribution in [0.4, 0.5) is 0 Å². The van der Waals surface area contributed by atoms with Crippen molar-refractivity contribution in [1.82, 2.24) is 0 Å². The van der Waals surface area contributed by atoms with Gasteiger partial charge in [0, 0.05) is 11.4 Å². The quantitative estimate of drug-likeness (QED) is 0.887. The van der Waals surface area contributed by atoms with Gasteiger partial charge in [0.05, 0.1) is 6.10 Å². The summed E-state index contributed by atoms with van der Waals surface area (Å²) < 4.78 is 0. The van der Waals surface area contributed by atoms with Crippen molar-refractivity contribution in [2.75, 3.05) is 0 Å². The van der Waals surface area contributed by atoms with Crippen molar-refractivity contribution in [3.63, 3.8) is 0 Å². The van der Waals surface area contributed by atoms with E-state index in [1.807, 2.05) is 55.5 Å². The summed E-state index contributed by atoms with van der Waals surface area (Å²) >= 11 is 6.17. The van der Waals surface area contributed by atoms with Crippen LogP contribution in [0.2, 0.25) is 5.02 Å². The average Bonchev–Trinajstić information content (AvgIpc) is 2.34. The van der Waals surface area contributed by atoms with Crippen LogP contribution in [0.5, 0.6) is 0 Å². The van der Waals surface area contributed by atoms with Crippen LogP contribution in [-0.4, -0.2) is 11.2 Å². The third kappa shape index (κ3) is 3.59. The van der Waals surface area contributed by atoms with Crippen molar-refractivity contribution in [1.29, 1.82) is 0 Å². The highest BCUT2D eigenvalue weighted by molar-refractivity contribution is 6.31. The van der Waals surface area contributed by atoms with Gasteiger partial charge in [-0.25, -0.2) is 0 Å². The number of rotatable bonds is 4. The molecule has 1 N–H and O–H groups in total. The minimum absolute atomic E-state index is 0.396. The van der Waals surface area contributed by atoms with E-state index in [9.17, 15) is 5.11 Å². The Kier molecular flexibility index (Phi) is 4.40. The monoisotopic (exact) mass is 260 g/mol. The van der Waals surface area contributed by atoms with Gasteiger partial charge < -0.3 is 5.11 Å². The van der Waals surface area contributed by atoms with Crippen LogP contribution >= 0.6 is 11.6 Å². The Morgan fingerprint density at radius 1 is 1.06 bits per heavy atom. The molecule has 2 rings (SSSR count). The number of aliphatic hydroxyl groups is 1. The molecule has 0 saturated heterocycles. The minimum Gasteiger partial charge on any atom is -0.392 e. The van der Waals surface area contributed by atoms with Gasteiger partial charge >= 0.3 is 0 Å². The molecule has 0 aliphatic rings. The molecule has 2 aromatic carbocycles. The summed E-state index contributed by atoms with van der Waals surface area (Å²) in [5, 5.41) is 10.8. The van der Waals surface area contributed by atoms with Crippen LogP contribution in [0.3, 0.4) is 0 Å². The number of aryl methyl sites for hydroxylation is 1. The number of halogens is 1. The van der Waals surface area contributed by atoms with Gasteiger partial charge in [-0.1, -0.05) is 54.1 Å². The lowest BCUT2D eigenvalue weighted by Crippen LogP contribution is -2.14. The van der Waals surface area contributed by atoms with Crippen LogP contribution in [0.1, 0.15) is 16.7 Å². The normalized spacial score (nSPS) is 12.4. The maximum Gasteiger partial charge on any atom is 0.0621 e. The highest BCUT2D eigenvalue weighted by atomic mass is 35.5. The van der Waals surface area contributed by atoms with E-state index in [1.54, 1.807) is 0 Å². The molecule has 94 valence electrons. The van der Waals surface area contributed by atoms with Gasteiger partial charge in [0.2, 0.25) is 0 Å². The number of hydrogen-bond acceptors (Lipinski definition) is 1. The second kappa shape index (κ2) is 6.03. The van der Waals surface area contributed by atoms with Gasteiger partial charge in [-0.2, -0.15) is 0 Å². The fourth-order valence-electron chi connectivity index (χ4n) is 2.03. The fraction of sp³-hybridized carbons (Fsp3) is 0.250. The third-order valence-electron chi connectivity index (χ3n) is 2.98. The van der Waals surface area contributed by atoms with Crippen molar-refractivity contribution in [2.45, 2.75) is 25.9 Å². The van der Waals surface area contributed by atoms with Crippen LogP contribution in [0, 0.1) is 6.92 Å². The molecule has 1 nitrogen and oxygen atoms in total. The van der Waals surface area contributed by atoms with Gasteiger partial charge in [0.15, 0.2) is 0 Å². The second-order valence-electron chi connectivity index (χ2n) is 4.64. The Labute approximate surface area is 113 Å². The van der Waals surface area contributed by atoms with Crippen LogP contribution in [0.25, 0.3) is 0 Å². The lowest BCUT2D eigenvalue weighted by atomic mass is 10.0. The molecule has 0 spiro atoms. The zero-order valence-corrected chi connectivity index (χ0v) is 11.2. The van der Waals surface area contributed by atoms with Crippen molar-refractivity contribution in [3.8, 4) is 0 Å². The molecule has 2 heteroatoms. The predicted octanol–water partition coefficient (Wildman–Crippen LogP) is 3.79. The molecule has 0 fully saturated rings. The first-order valence-electron chi connectivity index (χ1n) is 6.12. The molecular formula is C16H17ClO. The molecule has 0 aliphatic carbocycles. The molecule has 1 unspecified atom stereocenters. The van der Waals surface area contributed by atoms with Gasteiger partial charge in [0.25, 0.3) is 0 Å². The highest BCUT2D eigenvalue weighted by Gasteiger charge is 2.09. The van der Waals surface area contributed by atoms with E-state index in [2.05, 4.69) is 0 Å². The molecule has 0 amide bonds. The molecule has 0 aromatic heterocycles. The zero-order valence-electron chi connectivity index (χ0n) is 10.4. The van der Waals surface area contributed by atoms with Crippen LogP contribution in [-0.2, 0) is 12.8 Å². The van der Waals surface area contributed by atoms with E-state index in [0.29, 0.717) is 12.8 Å². The van der Waals surface area contributed by atoms with Gasteiger partial charge in [-0.3, -0.25) is 0 Å². The molecule has 2 aromatic rings. The summed E-state index contributed by atoms with van der Waals surface area (Å²) in [5.41, 5.74) is 3.29. The SMILES string of the molecule is Cc1ccc(CC(O)Cc2ccccc2)c(Cl)c1. The standard InChI is InChI=1S/C16H17ClO/c1-12-7-8-14(16(17)9-12)11-15(18)10-13-5-3-2-4-6-13/h2-9,15,18H,10-11H2,1H3. The summed E-state index contributed by atoms with van der Waals surface area (Å²) in [6.07, 6.45) is 0.853. The van der Waals surface area contributed by atoms with E-state index in [-0.39, 0.29) is 0 Å². The number of hydrogen-bond donors (Lipinski definition) is 1. The Balaban J connectivity index is 2.01. The Morgan fingerprint density at radius 3 is 2.44 bits per heavy atom. The Morgan fingerprint density at radius 2 is 1.78 bits per heavy atom. The first-order chi connectivity index (χ1) is 8.65. The summed E-state index contributed by atoms with van der Waals surface area (Å²) in [5.74, 6) is 0. The summed E-state index contributed by atoms with van der Waals surface area (Å²) in [6.45, 7) is 2.01. The van der Waals surface area contributed by atoms with Crippen molar-refractivity contribution in [2.24, 2.45) is 0 Å². The molecule has 0 aliphatic heterocycles. The molecule has 0 radical (unpaired) electrons. The maximum atomic E-state index is 10.1. The average molecular weight is 261 g/mol. The van der Waals surface area contributed by atoms with Gasteiger partial charge in [-0.15, -0.1) is 0 Å². The van der Waals surface area contributed by atoms with E-state index in [4.69, 9.17) is 11.6 Å². The predicted molar refractivity (Wildman–Crippen MR) is 76.0 cm³/mol. The van der Waals surface area contributed by atoms with Gasteiger partial charge in [0.1, 0.15) is 0 Å². The highest BCUT2D eigenvalue weighted by Crippen LogP contribution is 2.20. The molecule has 18 heavy (non-hydrogen) atoms. The van der Waals surface area contributed by atoms with Gasteiger partial charge in [-0.05, 0) is 36.1 Å². The summed E-state index contributed by atoms with van der Waals surface area (Å²) in [4.78, 5) is 0. The van der Waals surface area contributed by atoms with E-state index in [0.717, 1.165) is 21.7 Å². The zero-order chi connectivity index (χ0) is 13.0. The number of aliphatic hydroxyl groups excluding tert-OH is 1. The third-order valence-corrected chi connectivity index (χ3v) is 3.33. The Bertz CT molecular complexity index is 508. The molecule has 0 bridgehead atoms. The molecule has 0 heterocycles. The number of benzene rings is 2. The van der Waals surface area contributed by atoms with Crippen LogP contribution < -0.4 is 0 Å². The summed E-state index contributed by atoms with van der Waals surface area (Å²) in [6, 6.07) is 16.0. The largest absolute Gasteiger partial charge is 0.392 e. The fourth-order valence-corrected chi connectivity index (χ4v) is 2.34. The van der Waals surface area contributed by atoms with Crippen molar-refractivity contribution in [3.05, 3.63) is 70.2 Å². The lowest BCUT2D eigenvalue weighted by Gasteiger charge is -2.12. The topological polar surface area (TPSA) is 20.2 Å². The maximum absolute atomic E-state index is 10.1. The smallest absolute Gasteiger partial charge is 0.0621 e. The van der Waals surface area contributed by atoms with Crippen molar-refractivity contribution < 1.29 is 5.11 Å². The molecular weight excluding hydrogens is 244 g/mol. The second-order valence-corrected chi connectivity index (χ2v) is 5.05. The summed E-state index contributed by atoms with van der Waals surface area (Å²) in [7, 11) is 0. The van der Waals surface area contributed by atoms with Crippen LogP contribution in [0.15, 0.2) is 48.5 Å². The van der Waals surface area contributed by atoms with E-state index >= 15 is 0 Å². The van der Waals surface area contributed by atoms with E-state index in [1.165, 1.54) is 0 Å². The first-order valence-corrected chi connectivity index (χ1v) is 6.50. The molecule has 0 saturated carbocycles.